The molecule has 1 aliphatic rings. The first kappa shape index (κ1) is 14.9. The van der Waals surface area contributed by atoms with E-state index in [2.05, 4.69) is 32.1 Å². The Labute approximate surface area is 122 Å². The molecule has 0 N–H and O–H groups in total. The first-order chi connectivity index (χ1) is 8.85. The SMILES string of the molecule is Cn1cc(CC2(CCl)CCC(C(C)(C)C)CC2)cn1. The first-order valence-corrected chi connectivity index (χ1v) is 7.92. The second-order valence-corrected chi connectivity index (χ2v) is 7.74. The number of rotatable bonds is 3. The summed E-state index contributed by atoms with van der Waals surface area (Å²) in [6, 6.07) is 0. The van der Waals surface area contributed by atoms with Crippen molar-refractivity contribution in [1.29, 1.82) is 0 Å². The van der Waals surface area contributed by atoms with Crippen molar-refractivity contribution in [3.63, 3.8) is 0 Å². The van der Waals surface area contributed by atoms with Gasteiger partial charge in [0, 0.05) is 19.1 Å². The van der Waals surface area contributed by atoms with Gasteiger partial charge < -0.3 is 0 Å². The Kier molecular flexibility index (Phi) is 4.29. The number of aromatic nitrogens is 2. The van der Waals surface area contributed by atoms with Crippen LogP contribution in [0.2, 0.25) is 0 Å². The average molecular weight is 283 g/mol. The number of halogens is 1. The van der Waals surface area contributed by atoms with Crippen LogP contribution in [0.1, 0.15) is 52.0 Å². The zero-order valence-electron chi connectivity index (χ0n) is 12.7. The Morgan fingerprint density at radius 1 is 1.37 bits per heavy atom. The van der Waals surface area contributed by atoms with Crippen LogP contribution < -0.4 is 0 Å². The van der Waals surface area contributed by atoms with Gasteiger partial charge >= 0.3 is 0 Å². The average Bonchev–Trinajstić information content (AvgIpc) is 2.74. The lowest BCUT2D eigenvalue weighted by atomic mass is 9.63. The Balaban J connectivity index is 2.02. The van der Waals surface area contributed by atoms with E-state index < -0.39 is 0 Å². The summed E-state index contributed by atoms with van der Waals surface area (Å²) >= 11 is 6.33. The van der Waals surface area contributed by atoms with Gasteiger partial charge in [0.2, 0.25) is 0 Å². The smallest absolute Gasteiger partial charge is 0.0521 e. The summed E-state index contributed by atoms with van der Waals surface area (Å²) < 4.78 is 1.89. The maximum atomic E-state index is 6.33. The van der Waals surface area contributed by atoms with Gasteiger partial charge in [-0.15, -0.1) is 11.6 Å². The van der Waals surface area contributed by atoms with Crippen LogP contribution in [0.15, 0.2) is 12.4 Å². The van der Waals surface area contributed by atoms with E-state index >= 15 is 0 Å². The molecule has 1 aromatic heterocycles. The van der Waals surface area contributed by atoms with E-state index in [0.29, 0.717) is 10.8 Å². The summed E-state index contributed by atoms with van der Waals surface area (Å²) in [5.74, 6) is 1.62. The molecular weight excluding hydrogens is 256 g/mol. The number of alkyl halides is 1. The summed E-state index contributed by atoms with van der Waals surface area (Å²) in [5.41, 5.74) is 2.07. The van der Waals surface area contributed by atoms with Crippen LogP contribution in [0, 0.1) is 16.7 Å². The second kappa shape index (κ2) is 5.47. The molecule has 1 aromatic rings. The zero-order valence-corrected chi connectivity index (χ0v) is 13.5. The van der Waals surface area contributed by atoms with Crippen LogP contribution in [0.3, 0.4) is 0 Å². The van der Waals surface area contributed by atoms with Crippen molar-refractivity contribution in [2.75, 3.05) is 5.88 Å². The summed E-state index contributed by atoms with van der Waals surface area (Å²) in [6.45, 7) is 7.10. The molecule has 1 saturated carbocycles. The quantitative estimate of drug-likeness (QED) is 0.750. The minimum Gasteiger partial charge on any atom is -0.276 e. The molecule has 0 spiro atoms. The molecule has 0 atom stereocenters. The van der Waals surface area contributed by atoms with E-state index in [1.54, 1.807) is 0 Å². The fourth-order valence-electron chi connectivity index (χ4n) is 3.45. The van der Waals surface area contributed by atoms with Crippen LogP contribution in [-0.4, -0.2) is 15.7 Å². The minimum atomic E-state index is 0.298. The van der Waals surface area contributed by atoms with Crippen molar-refractivity contribution in [3.05, 3.63) is 18.0 Å². The van der Waals surface area contributed by atoms with Gasteiger partial charge in [-0.25, -0.2) is 0 Å². The third-order valence-electron chi connectivity index (χ3n) is 4.89. The van der Waals surface area contributed by atoms with Crippen molar-refractivity contribution in [1.82, 2.24) is 9.78 Å². The fraction of sp³-hybridized carbons (Fsp3) is 0.812. The van der Waals surface area contributed by atoms with Crippen LogP contribution >= 0.6 is 11.6 Å². The van der Waals surface area contributed by atoms with E-state index in [9.17, 15) is 0 Å². The molecule has 108 valence electrons. The van der Waals surface area contributed by atoms with Crippen molar-refractivity contribution in [2.45, 2.75) is 52.9 Å². The number of aryl methyl sites for hydroxylation is 1. The molecule has 1 fully saturated rings. The highest BCUT2D eigenvalue weighted by Crippen LogP contribution is 2.47. The molecule has 3 heteroatoms. The van der Waals surface area contributed by atoms with Crippen molar-refractivity contribution in [2.24, 2.45) is 23.8 Å². The maximum Gasteiger partial charge on any atom is 0.0521 e. The molecule has 0 saturated heterocycles. The lowest BCUT2D eigenvalue weighted by molar-refractivity contribution is 0.102. The van der Waals surface area contributed by atoms with Crippen LogP contribution in [0.5, 0.6) is 0 Å². The second-order valence-electron chi connectivity index (χ2n) is 7.47. The van der Waals surface area contributed by atoms with E-state index in [1.807, 2.05) is 17.9 Å². The highest BCUT2D eigenvalue weighted by molar-refractivity contribution is 6.18. The molecule has 0 bridgehead atoms. The fourth-order valence-corrected chi connectivity index (χ4v) is 3.81. The molecule has 1 aliphatic carbocycles. The van der Waals surface area contributed by atoms with Crippen LogP contribution in [0.25, 0.3) is 0 Å². The predicted octanol–water partition coefficient (Wildman–Crippen LogP) is 4.42. The van der Waals surface area contributed by atoms with Gasteiger partial charge in [0.1, 0.15) is 0 Å². The summed E-state index contributed by atoms with van der Waals surface area (Å²) in [7, 11) is 1.98. The summed E-state index contributed by atoms with van der Waals surface area (Å²) in [4.78, 5) is 0. The van der Waals surface area contributed by atoms with Crippen molar-refractivity contribution in [3.8, 4) is 0 Å². The largest absolute Gasteiger partial charge is 0.276 e. The highest BCUT2D eigenvalue weighted by Gasteiger charge is 2.38. The van der Waals surface area contributed by atoms with Crippen LogP contribution in [0.4, 0.5) is 0 Å². The monoisotopic (exact) mass is 282 g/mol. The molecule has 2 rings (SSSR count). The van der Waals surface area contributed by atoms with E-state index in [-0.39, 0.29) is 0 Å². The third kappa shape index (κ3) is 3.53. The molecule has 2 nitrogen and oxygen atoms in total. The normalized spacial score (nSPS) is 28.6. The standard InChI is InChI=1S/C16H27ClN2/c1-15(2,3)14-5-7-16(12-17,8-6-14)9-13-10-18-19(4)11-13/h10-11,14H,5-9,12H2,1-4H3. The molecular formula is C16H27ClN2. The number of nitrogens with zero attached hydrogens (tertiary/aromatic N) is 2. The van der Waals surface area contributed by atoms with Gasteiger partial charge in [-0.1, -0.05) is 20.8 Å². The molecule has 0 unspecified atom stereocenters. The van der Waals surface area contributed by atoms with E-state index in [0.717, 1.165) is 18.2 Å². The molecule has 0 aromatic carbocycles. The summed E-state index contributed by atoms with van der Waals surface area (Å²) in [6.07, 6.45) is 10.4. The van der Waals surface area contributed by atoms with Gasteiger partial charge in [-0.2, -0.15) is 5.10 Å². The van der Waals surface area contributed by atoms with Crippen molar-refractivity contribution < 1.29 is 0 Å². The van der Waals surface area contributed by atoms with Gasteiger partial charge in [0.15, 0.2) is 0 Å². The van der Waals surface area contributed by atoms with Gasteiger partial charge in [0.05, 0.1) is 6.20 Å². The maximum absolute atomic E-state index is 6.33. The van der Waals surface area contributed by atoms with Crippen molar-refractivity contribution >= 4 is 11.6 Å². The number of hydrogen-bond acceptors (Lipinski definition) is 1. The van der Waals surface area contributed by atoms with Gasteiger partial charge in [-0.3, -0.25) is 4.68 Å². The topological polar surface area (TPSA) is 17.8 Å². The highest BCUT2D eigenvalue weighted by atomic mass is 35.5. The molecule has 1 heterocycles. The molecule has 0 amide bonds. The third-order valence-corrected chi connectivity index (χ3v) is 5.46. The molecule has 0 aliphatic heterocycles. The Morgan fingerprint density at radius 3 is 2.42 bits per heavy atom. The minimum absolute atomic E-state index is 0.298. The first-order valence-electron chi connectivity index (χ1n) is 7.38. The Morgan fingerprint density at radius 2 is 2.00 bits per heavy atom. The van der Waals surface area contributed by atoms with E-state index in [1.165, 1.54) is 31.2 Å². The van der Waals surface area contributed by atoms with E-state index in [4.69, 9.17) is 11.6 Å². The zero-order chi connectivity index (χ0) is 14.1. The van der Waals surface area contributed by atoms with Crippen LogP contribution in [-0.2, 0) is 13.5 Å². The molecule has 0 radical (unpaired) electrons. The Bertz CT molecular complexity index is 409. The Hall–Kier alpha value is -0.500. The lowest BCUT2D eigenvalue weighted by Gasteiger charge is -2.43. The molecule has 19 heavy (non-hydrogen) atoms. The lowest BCUT2D eigenvalue weighted by Crippen LogP contribution is -2.35. The van der Waals surface area contributed by atoms with Gasteiger partial charge in [-0.05, 0) is 54.4 Å². The number of hydrogen-bond donors (Lipinski definition) is 0. The van der Waals surface area contributed by atoms with Gasteiger partial charge in [0.25, 0.3) is 0 Å². The predicted molar refractivity (Wildman–Crippen MR) is 81.5 cm³/mol. The summed E-state index contributed by atoms with van der Waals surface area (Å²) in [5, 5.41) is 4.28.